The molecule has 8 nitrogen and oxygen atoms in total. The van der Waals surface area contributed by atoms with Crippen LogP contribution in [-0.2, 0) is 11.2 Å². The van der Waals surface area contributed by atoms with Crippen molar-refractivity contribution in [2.75, 3.05) is 0 Å². The van der Waals surface area contributed by atoms with Crippen molar-refractivity contribution < 1.29 is 14.3 Å². The Labute approximate surface area is 210 Å². The molecule has 178 valence electrons. The fourth-order valence-corrected chi connectivity index (χ4v) is 5.75. The number of aromatic nitrogens is 3. The monoisotopic (exact) mass is 486 g/mol. The minimum atomic E-state index is -1.89. The molecule has 0 spiro atoms. The van der Waals surface area contributed by atoms with Crippen molar-refractivity contribution in [2.24, 2.45) is 0 Å². The first-order chi connectivity index (χ1) is 18.1. The van der Waals surface area contributed by atoms with Crippen molar-refractivity contribution in [1.29, 1.82) is 5.26 Å². The van der Waals surface area contributed by atoms with Crippen LogP contribution < -0.4 is 10.3 Å². The highest BCUT2D eigenvalue weighted by atomic mass is 16.5. The summed E-state index contributed by atoms with van der Waals surface area (Å²) in [7, 11) is 0. The molecule has 0 saturated carbocycles. The Balaban J connectivity index is 1.61. The Hall–Kier alpha value is -5.00. The van der Waals surface area contributed by atoms with Gasteiger partial charge in [-0.1, -0.05) is 42.5 Å². The Kier molecular flexibility index (Phi) is 4.32. The molecule has 3 atom stereocenters. The van der Waals surface area contributed by atoms with Crippen molar-refractivity contribution in [1.82, 2.24) is 15.0 Å². The number of furan rings is 1. The molecular formula is C29H18N4O4. The molecule has 5 aromatic rings. The third-order valence-corrected chi connectivity index (χ3v) is 7.29. The second kappa shape index (κ2) is 7.50. The normalized spacial score (nSPS) is 23.0. The van der Waals surface area contributed by atoms with Gasteiger partial charge in [0.05, 0.1) is 40.6 Å². The van der Waals surface area contributed by atoms with E-state index in [1.165, 1.54) is 6.26 Å². The fourth-order valence-electron chi connectivity index (χ4n) is 5.75. The van der Waals surface area contributed by atoms with Crippen molar-refractivity contribution in [3.05, 3.63) is 136 Å². The number of benzene rings is 2. The lowest BCUT2D eigenvalue weighted by atomic mass is 9.72. The standard InChI is InChI=1S/C29H18N4O4/c30-15-17-8-10-19(11-9-17)29-24(22-7-4-14-36-22)23-25(28(29,35)20-16-31-13-12-21(20)37-29)32-26(33-27(23)34)18-5-2-1-3-6-18/h1-14,16,24,35H,(H,32,33,34)/t24-,28+,29+/m1/s1. The first kappa shape index (κ1) is 21.3. The van der Waals surface area contributed by atoms with E-state index in [1.807, 2.05) is 30.3 Å². The van der Waals surface area contributed by atoms with Gasteiger partial charge < -0.3 is 19.2 Å². The van der Waals surface area contributed by atoms with Crippen molar-refractivity contribution in [3.63, 3.8) is 0 Å². The van der Waals surface area contributed by atoms with E-state index in [-0.39, 0.29) is 11.3 Å². The summed E-state index contributed by atoms with van der Waals surface area (Å²) < 4.78 is 12.5. The second-order valence-electron chi connectivity index (χ2n) is 9.10. The number of pyridine rings is 1. The second-order valence-corrected chi connectivity index (χ2v) is 9.10. The highest BCUT2D eigenvalue weighted by Crippen LogP contribution is 2.67. The number of aliphatic hydroxyl groups is 1. The maximum absolute atomic E-state index is 13.8. The molecule has 2 N–H and O–H groups in total. The number of ether oxygens (including phenoxy) is 1. The van der Waals surface area contributed by atoms with Gasteiger partial charge in [-0.05, 0) is 30.3 Å². The summed E-state index contributed by atoms with van der Waals surface area (Å²) in [6.07, 6.45) is 4.64. The lowest BCUT2D eigenvalue weighted by Gasteiger charge is -2.39. The molecule has 1 aliphatic carbocycles. The third-order valence-electron chi connectivity index (χ3n) is 7.29. The van der Waals surface area contributed by atoms with E-state index in [2.05, 4.69) is 16.0 Å². The average molecular weight is 486 g/mol. The number of hydrogen-bond acceptors (Lipinski definition) is 7. The van der Waals surface area contributed by atoms with Crippen LogP contribution in [0.25, 0.3) is 11.4 Å². The zero-order valence-electron chi connectivity index (χ0n) is 19.3. The van der Waals surface area contributed by atoms with Gasteiger partial charge in [0.15, 0.2) is 11.2 Å². The number of nitrogens with one attached hydrogen (secondary N) is 1. The van der Waals surface area contributed by atoms with E-state index in [0.717, 1.165) is 0 Å². The molecule has 0 fully saturated rings. The van der Waals surface area contributed by atoms with Gasteiger partial charge >= 0.3 is 0 Å². The number of nitriles is 1. The lowest BCUT2D eigenvalue weighted by Crippen LogP contribution is -2.49. The van der Waals surface area contributed by atoms with Crippen molar-refractivity contribution >= 4 is 0 Å². The first-order valence-electron chi connectivity index (χ1n) is 11.7. The van der Waals surface area contributed by atoms with Gasteiger partial charge in [-0.3, -0.25) is 9.78 Å². The Morgan fingerprint density at radius 1 is 1.03 bits per heavy atom. The van der Waals surface area contributed by atoms with E-state index in [9.17, 15) is 15.2 Å². The number of aromatic amines is 1. The zero-order chi connectivity index (χ0) is 25.2. The third kappa shape index (κ3) is 2.66. The van der Waals surface area contributed by atoms with Gasteiger partial charge in [0, 0.05) is 23.5 Å². The molecule has 8 heteroatoms. The number of hydrogen-bond donors (Lipinski definition) is 2. The van der Waals surface area contributed by atoms with Gasteiger partial charge in [0.1, 0.15) is 17.3 Å². The largest absolute Gasteiger partial charge is 0.477 e. The fraction of sp³-hybridized carbons (Fsp3) is 0.103. The van der Waals surface area contributed by atoms with E-state index in [0.29, 0.717) is 39.6 Å². The minimum absolute atomic E-state index is 0.174. The molecule has 0 radical (unpaired) electrons. The maximum atomic E-state index is 13.8. The SMILES string of the molecule is N#Cc1ccc([C@@]23Oc4ccncc4[C@]2(O)c2nc(-c4ccccc4)[nH]c(=O)c2[C@H]3c2ccco2)cc1. The van der Waals surface area contributed by atoms with Crippen LogP contribution in [0.3, 0.4) is 0 Å². The van der Waals surface area contributed by atoms with Crippen LogP contribution >= 0.6 is 0 Å². The molecule has 37 heavy (non-hydrogen) atoms. The van der Waals surface area contributed by atoms with Crippen LogP contribution in [0.4, 0.5) is 0 Å². The smallest absolute Gasteiger partial charge is 0.255 e. The molecule has 7 rings (SSSR count). The average Bonchev–Trinajstić information content (AvgIpc) is 3.61. The first-order valence-corrected chi connectivity index (χ1v) is 11.7. The molecule has 3 aromatic heterocycles. The highest BCUT2D eigenvalue weighted by molar-refractivity contribution is 5.65. The highest BCUT2D eigenvalue weighted by Gasteiger charge is 2.73. The Morgan fingerprint density at radius 3 is 2.57 bits per heavy atom. The van der Waals surface area contributed by atoms with E-state index >= 15 is 0 Å². The predicted octanol–water partition coefficient (Wildman–Crippen LogP) is 3.97. The van der Waals surface area contributed by atoms with Crippen LogP contribution in [0.1, 0.15) is 39.6 Å². The summed E-state index contributed by atoms with van der Waals surface area (Å²) in [5.74, 6) is 0.322. The molecule has 1 aliphatic heterocycles. The van der Waals surface area contributed by atoms with Crippen LogP contribution in [-0.4, -0.2) is 20.1 Å². The molecule has 0 amide bonds. The summed E-state index contributed by atoms with van der Waals surface area (Å²) in [5.41, 5.74) is -1.33. The molecule has 0 saturated heterocycles. The lowest BCUT2D eigenvalue weighted by molar-refractivity contribution is -0.0929. The quantitative estimate of drug-likeness (QED) is 0.395. The summed E-state index contributed by atoms with van der Waals surface area (Å²) >= 11 is 0. The Bertz CT molecular complexity index is 1760. The van der Waals surface area contributed by atoms with Crippen molar-refractivity contribution in [2.45, 2.75) is 17.1 Å². The molecule has 0 unspecified atom stereocenters. The van der Waals surface area contributed by atoms with Crippen LogP contribution in [0.5, 0.6) is 5.75 Å². The summed E-state index contributed by atoms with van der Waals surface area (Å²) in [6, 6.07) is 23.3. The summed E-state index contributed by atoms with van der Waals surface area (Å²) in [4.78, 5) is 25.8. The zero-order valence-corrected chi connectivity index (χ0v) is 19.3. The number of H-pyrrole nitrogens is 1. The summed E-state index contributed by atoms with van der Waals surface area (Å²) in [6.45, 7) is 0. The van der Waals surface area contributed by atoms with Gasteiger partial charge in [0.25, 0.3) is 5.56 Å². The number of rotatable bonds is 3. The molecule has 0 bridgehead atoms. The van der Waals surface area contributed by atoms with Crippen molar-refractivity contribution in [3.8, 4) is 23.2 Å². The van der Waals surface area contributed by atoms with E-state index in [4.69, 9.17) is 14.1 Å². The topological polar surface area (TPSA) is 125 Å². The van der Waals surface area contributed by atoms with Gasteiger partial charge in [-0.2, -0.15) is 5.26 Å². The molecule has 4 heterocycles. The molecular weight excluding hydrogens is 468 g/mol. The predicted molar refractivity (Wildman–Crippen MR) is 132 cm³/mol. The van der Waals surface area contributed by atoms with Gasteiger partial charge in [-0.25, -0.2) is 4.98 Å². The maximum Gasteiger partial charge on any atom is 0.255 e. The minimum Gasteiger partial charge on any atom is -0.477 e. The van der Waals surface area contributed by atoms with Gasteiger partial charge in [-0.15, -0.1) is 0 Å². The number of nitrogens with zero attached hydrogens (tertiary/aromatic N) is 3. The molecule has 2 aromatic carbocycles. The van der Waals surface area contributed by atoms with E-state index in [1.54, 1.807) is 54.9 Å². The van der Waals surface area contributed by atoms with Gasteiger partial charge in [0.2, 0.25) is 0 Å². The number of fused-ring (bicyclic) bond motifs is 5. The van der Waals surface area contributed by atoms with Crippen LogP contribution in [0.15, 0.2) is 101 Å². The Morgan fingerprint density at radius 2 is 1.84 bits per heavy atom. The van der Waals surface area contributed by atoms with Crippen LogP contribution in [0.2, 0.25) is 0 Å². The summed E-state index contributed by atoms with van der Waals surface area (Å²) in [5, 5.41) is 22.2. The van der Waals surface area contributed by atoms with Crippen LogP contribution in [0, 0.1) is 11.3 Å². The molecule has 2 aliphatic rings. The van der Waals surface area contributed by atoms with E-state index < -0.39 is 22.7 Å².